The summed E-state index contributed by atoms with van der Waals surface area (Å²) in [4.78, 5) is 16.5. The summed E-state index contributed by atoms with van der Waals surface area (Å²) in [6, 6.07) is 12.7. The Morgan fingerprint density at radius 1 is 1.07 bits per heavy atom. The number of aromatic nitrogens is 1. The van der Waals surface area contributed by atoms with Crippen LogP contribution in [0.1, 0.15) is 11.3 Å². The minimum absolute atomic E-state index is 0.135. The van der Waals surface area contributed by atoms with E-state index in [-0.39, 0.29) is 19.0 Å². The van der Waals surface area contributed by atoms with Crippen LogP contribution in [0.4, 0.5) is 0 Å². The van der Waals surface area contributed by atoms with Crippen LogP contribution in [0.15, 0.2) is 47.8 Å². The standard InChI is InChI=1S/C20H18ClNO4S/c1-24-17-8-5-14(10-18(17)25-2)20-22-16(12-27-20)11-26-19(23)9-13-3-6-15(21)7-4-13/h3-8,10,12H,9,11H2,1-2H3. The van der Waals surface area contributed by atoms with Gasteiger partial charge in [-0.05, 0) is 35.9 Å². The highest BCUT2D eigenvalue weighted by atomic mass is 35.5. The Hall–Kier alpha value is -2.57. The van der Waals surface area contributed by atoms with Crippen molar-refractivity contribution in [1.82, 2.24) is 4.98 Å². The van der Waals surface area contributed by atoms with Crippen LogP contribution < -0.4 is 9.47 Å². The van der Waals surface area contributed by atoms with Crippen molar-refractivity contribution in [3.63, 3.8) is 0 Å². The molecule has 1 heterocycles. The minimum atomic E-state index is -0.307. The predicted molar refractivity (Wildman–Crippen MR) is 106 cm³/mol. The van der Waals surface area contributed by atoms with Crippen molar-refractivity contribution < 1.29 is 19.0 Å². The van der Waals surface area contributed by atoms with E-state index in [9.17, 15) is 4.79 Å². The summed E-state index contributed by atoms with van der Waals surface area (Å²) in [7, 11) is 3.19. The fourth-order valence-corrected chi connectivity index (χ4v) is 3.38. The van der Waals surface area contributed by atoms with E-state index in [1.54, 1.807) is 26.4 Å². The number of methoxy groups -OCH3 is 2. The van der Waals surface area contributed by atoms with E-state index in [1.807, 2.05) is 35.7 Å². The molecule has 1 aromatic heterocycles. The highest BCUT2D eigenvalue weighted by molar-refractivity contribution is 7.13. The Labute approximate surface area is 166 Å². The van der Waals surface area contributed by atoms with Crippen LogP contribution in [-0.2, 0) is 22.6 Å². The molecule has 0 atom stereocenters. The van der Waals surface area contributed by atoms with Gasteiger partial charge in [0.1, 0.15) is 11.6 Å². The van der Waals surface area contributed by atoms with Gasteiger partial charge in [-0.1, -0.05) is 23.7 Å². The largest absolute Gasteiger partial charge is 0.493 e. The van der Waals surface area contributed by atoms with Gasteiger partial charge in [0.25, 0.3) is 0 Å². The minimum Gasteiger partial charge on any atom is -0.493 e. The highest BCUT2D eigenvalue weighted by Crippen LogP contribution is 2.33. The van der Waals surface area contributed by atoms with Gasteiger partial charge in [0.15, 0.2) is 11.5 Å². The van der Waals surface area contributed by atoms with E-state index in [2.05, 4.69) is 4.98 Å². The third-order valence-electron chi connectivity index (χ3n) is 3.82. The van der Waals surface area contributed by atoms with Crippen LogP contribution in [0.5, 0.6) is 11.5 Å². The Kier molecular flexibility index (Phi) is 6.32. The summed E-state index contributed by atoms with van der Waals surface area (Å²) >= 11 is 7.32. The smallest absolute Gasteiger partial charge is 0.310 e. The number of carbonyl (C=O) groups is 1. The molecule has 3 rings (SSSR count). The molecule has 0 saturated carbocycles. The topological polar surface area (TPSA) is 57.7 Å². The van der Waals surface area contributed by atoms with E-state index < -0.39 is 0 Å². The number of carbonyl (C=O) groups excluding carboxylic acids is 1. The number of rotatable bonds is 7. The normalized spacial score (nSPS) is 10.5. The first-order valence-electron chi connectivity index (χ1n) is 8.16. The number of thiazole rings is 1. The zero-order chi connectivity index (χ0) is 19.2. The zero-order valence-corrected chi connectivity index (χ0v) is 16.5. The lowest BCUT2D eigenvalue weighted by atomic mass is 10.1. The van der Waals surface area contributed by atoms with E-state index in [4.69, 9.17) is 25.8 Å². The molecule has 0 aliphatic heterocycles. The van der Waals surface area contributed by atoms with Crippen LogP contribution in [0, 0.1) is 0 Å². The van der Waals surface area contributed by atoms with Gasteiger partial charge in [0.05, 0.1) is 26.3 Å². The van der Waals surface area contributed by atoms with Crippen molar-refractivity contribution in [3.05, 3.63) is 64.1 Å². The lowest BCUT2D eigenvalue weighted by molar-refractivity contribution is -0.144. The lowest BCUT2D eigenvalue weighted by Crippen LogP contribution is -2.08. The summed E-state index contributed by atoms with van der Waals surface area (Å²) < 4.78 is 15.9. The predicted octanol–water partition coefficient (Wildman–Crippen LogP) is 4.77. The molecular weight excluding hydrogens is 386 g/mol. The number of esters is 1. The molecule has 0 unspecified atom stereocenters. The van der Waals surface area contributed by atoms with Gasteiger partial charge in [0.2, 0.25) is 0 Å². The molecule has 0 spiro atoms. The molecule has 0 bridgehead atoms. The summed E-state index contributed by atoms with van der Waals surface area (Å²) in [5.74, 6) is 0.994. The van der Waals surface area contributed by atoms with Gasteiger partial charge in [-0.2, -0.15) is 0 Å². The van der Waals surface area contributed by atoms with E-state index >= 15 is 0 Å². The molecule has 27 heavy (non-hydrogen) atoms. The third-order valence-corrected chi connectivity index (χ3v) is 5.02. The van der Waals surface area contributed by atoms with Gasteiger partial charge in [-0.25, -0.2) is 4.98 Å². The van der Waals surface area contributed by atoms with E-state index in [0.29, 0.717) is 22.2 Å². The van der Waals surface area contributed by atoms with Crippen molar-refractivity contribution in [1.29, 1.82) is 0 Å². The van der Waals surface area contributed by atoms with Crippen LogP contribution in [0.2, 0.25) is 5.02 Å². The monoisotopic (exact) mass is 403 g/mol. The number of ether oxygens (including phenoxy) is 3. The molecule has 0 fully saturated rings. The van der Waals surface area contributed by atoms with Gasteiger partial charge in [0, 0.05) is 16.0 Å². The zero-order valence-electron chi connectivity index (χ0n) is 14.9. The number of benzene rings is 2. The molecule has 0 amide bonds. The second-order valence-corrected chi connectivity index (χ2v) is 6.97. The average molecular weight is 404 g/mol. The molecule has 7 heteroatoms. The first-order valence-corrected chi connectivity index (χ1v) is 9.41. The molecule has 0 aliphatic carbocycles. The Morgan fingerprint density at radius 3 is 2.52 bits per heavy atom. The summed E-state index contributed by atoms with van der Waals surface area (Å²) in [6.45, 7) is 0.135. The van der Waals surface area contributed by atoms with Crippen LogP contribution in [0.3, 0.4) is 0 Å². The second kappa shape index (κ2) is 8.88. The summed E-state index contributed by atoms with van der Waals surface area (Å²) in [5, 5.41) is 3.33. The number of hydrogen-bond donors (Lipinski definition) is 0. The molecule has 0 aliphatic rings. The molecule has 0 radical (unpaired) electrons. The Morgan fingerprint density at radius 2 is 1.81 bits per heavy atom. The molecular formula is C20H18ClNO4S. The fraction of sp³-hybridized carbons (Fsp3) is 0.200. The van der Waals surface area contributed by atoms with Crippen molar-refractivity contribution >= 4 is 28.9 Å². The maximum Gasteiger partial charge on any atom is 0.310 e. The maximum absolute atomic E-state index is 12.0. The average Bonchev–Trinajstić information content (AvgIpc) is 3.16. The van der Waals surface area contributed by atoms with Gasteiger partial charge < -0.3 is 14.2 Å². The summed E-state index contributed by atoms with van der Waals surface area (Å²) in [6.07, 6.45) is 0.198. The number of nitrogens with zero attached hydrogens (tertiary/aromatic N) is 1. The van der Waals surface area contributed by atoms with Crippen molar-refractivity contribution in [2.75, 3.05) is 14.2 Å². The molecule has 3 aromatic rings. The highest BCUT2D eigenvalue weighted by Gasteiger charge is 2.11. The first kappa shape index (κ1) is 19.2. The molecule has 0 N–H and O–H groups in total. The number of halogens is 1. The van der Waals surface area contributed by atoms with Crippen molar-refractivity contribution in [2.45, 2.75) is 13.0 Å². The van der Waals surface area contributed by atoms with Gasteiger partial charge >= 0.3 is 5.97 Å². The molecule has 140 valence electrons. The van der Waals surface area contributed by atoms with Crippen LogP contribution >= 0.6 is 22.9 Å². The number of hydrogen-bond acceptors (Lipinski definition) is 6. The fourth-order valence-electron chi connectivity index (χ4n) is 2.45. The van der Waals surface area contributed by atoms with Crippen molar-refractivity contribution in [2.24, 2.45) is 0 Å². The first-order chi connectivity index (χ1) is 13.1. The SMILES string of the molecule is COc1ccc(-c2nc(COC(=O)Cc3ccc(Cl)cc3)cs2)cc1OC. The molecule has 2 aromatic carbocycles. The van der Waals surface area contributed by atoms with Gasteiger partial charge in [-0.15, -0.1) is 11.3 Å². The van der Waals surface area contributed by atoms with Crippen LogP contribution in [0.25, 0.3) is 10.6 Å². The third kappa shape index (κ3) is 4.99. The Balaban J connectivity index is 1.61. The maximum atomic E-state index is 12.0. The van der Waals surface area contributed by atoms with Crippen molar-refractivity contribution in [3.8, 4) is 22.1 Å². The Bertz CT molecular complexity index is 924. The van der Waals surface area contributed by atoms with Gasteiger partial charge in [-0.3, -0.25) is 4.79 Å². The van der Waals surface area contributed by atoms with Crippen LogP contribution in [-0.4, -0.2) is 25.2 Å². The second-order valence-electron chi connectivity index (χ2n) is 5.68. The quantitative estimate of drug-likeness (QED) is 0.532. The molecule has 0 saturated heterocycles. The summed E-state index contributed by atoms with van der Waals surface area (Å²) in [5.41, 5.74) is 2.47. The van der Waals surface area contributed by atoms with E-state index in [1.165, 1.54) is 11.3 Å². The molecule has 5 nitrogen and oxygen atoms in total. The van der Waals surface area contributed by atoms with E-state index in [0.717, 1.165) is 16.1 Å². The lowest BCUT2D eigenvalue weighted by Gasteiger charge is -2.08.